The van der Waals surface area contributed by atoms with E-state index in [-0.39, 0.29) is 0 Å². The highest BCUT2D eigenvalue weighted by atomic mass is 35.5. The summed E-state index contributed by atoms with van der Waals surface area (Å²) >= 11 is 6.30. The van der Waals surface area contributed by atoms with E-state index >= 15 is 0 Å². The van der Waals surface area contributed by atoms with E-state index in [9.17, 15) is 0 Å². The standard InChI is InChI=1S/C22H27ClN4/c1-2-3-4-10-15-24-16-21-22(18-11-6-5-7-12-18)26-27(25-21)17-19-13-8-9-14-20(19)23/h5-9,11-14,24H,2-4,10,15-17H2,1H3. The van der Waals surface area contributed by atoms with Crippen molar-refractivity contribution in [2.75, 3.05) is 6.54 Å². The molecule has 1 aromatic heterocycles. The molecular weight excluding hydrogens is 356 g/mol. The van der Waals surface area contributed by atoms with Gasteiger partial charge in [-0.2, -0.15) is 15.0 Å². The van der Waals surface area contributed by atoms with Crippen LogP contribution in [0, 0.1) is 0 Å². The lowest BCUT2D eigenvalue weighted by atomic mass is 10.1. The van der Waals surface area contributed by atoms with E-state index in [0.717, 1.165) is 40.6 Å². The minimum absolute atomic E-state index is 0.565. The van der Waals surface area contributed by atoms with E-state index < -0.39 is 0 Å². The van der Waals surface area contributed by atoms with Gasteiger partial charge in [0.25, 0.3) is 0 Å². The normalized spacial score (nSPS) is 11.0. The molecular formula is C22H27ClN4. The minimum Gasteiger partial charge on any atom is -0.311 e. The van der Waals surface area contributed by atoms with Crippen LogP contribution in [0.25, 0.3) is 11.3 Å². The Hall–Kier alpha value is -2.17. The van der Waals surface area contributed by atoms with Crippen LogP contribution in [0.5, 0.6) is 0 Å². The topological polar surface area (TPSA) is 42.7 Å². The van der Waals surface area contributed by atoms with Crippen molar-refractivity contribution in [3.63, 3.8) is 0 Å². The second-order valence-corrected chi connectivity index (χ2v) is 7.13. The SMILES string of the molecule is CCCCCCNCc1nn(Cc2ccccc2Cl)nc1-c1ccccc1. The smallest absolute Gasteiger partial charge is 0.117 e. The van der Waals surface area contributed by atoms with E-state index in [1.54, 1.807) is 4.80 Å². The number of nitrogens with one attached hydrogen (secondary N) is 1. The van der Waals surface area contributed by atoms with Crippen LogP contribution >= 0.6 is 11.6 Å². The van der Waals surface area contributed by atoms with Crippen LogP contribution in [-0.2, 0) is 13.1 Å². The number of aromatic nitrogens is 3. The Morgan fingerprint density at radius 2 is 1.70 bits per heavy atom. The van der Waals surface area contributed by atoms with Crippen molar-refractivity contribution in [1.29, 1.82) is 0 Å². The van der Waals surface area contributed by atoms with E-state index in [4.69, 9.17) is 21.8 Å². The monoisotopic (exact) mass is 382 g/mol. The van der Waals surface area contributed by atoms with E-state index in [2.05, 4.69) is 24.4 Å². The number of hydrogen-bond acceptors (Lipinski definition) is 3. The average molecular weight is 383 g/mol. The third-order valence-electron chi connectivity index (χ3n) is 4.54. The average Bonchev–Trinajstić information content (AvgIpc) is 3.10. The second-order valence-electron chi connectivity index (χ2n) is 6.72. The molecule has 4 nitrogen and oxygen atoms in total. The fourth-order valence-corrected chi connectivity index (χ4v) is 3.25. The van der Waals surface area contributed by atoms with Crippen molar-refractivity contribution in [2.24, 2.45) is 0 Å². The Morgan fingerprint density at radius 3 is 2.48 bits per heavy atom. The van der Waals surface area contributed by atoms with Gasteiger partial charge in [-0.05, 0) is 24.6 Å². The predicted octanol–water partition coefficient (Wildman–Crippen LogP) is 5.32. The molecule has 0 bridgehead atoms. The van der Waals surface area contributed by atoms with Crippen LogP contribution in [0.15, 0.2) is 54.6 Å². The largest absolute Gasteiger partial charge is 0.311 e. The maximum atomic E-state index is 6.30. The number of halogens is 1. The van der Waals surface area contributed by atoms with Crippen molar-refractivity contribution in [1.82, 2.24) is 20.3 Å². The summed E-state index contributed by atoms with van der Waals surface area (Å²) in [5.74, 6) is 0. The van der Waals surface area contributed by atoms with Gasteiger partial charge in [-0.15, -0.1) is 0 Å². The van der Waals surface area contributed by atoms with Gasteiger partial charge in [-0.1, -0.05) is 86.3 Å². The molecule has 27 heavy (non-hydrogen) atoms. The molecule has 3 aromatic rings. The zero-order chi connectivity index (χ0) is 18.9. The molecule has 0 atom stereocenters. The molecule has 0 aliphatic carbocycles. The van der Waals surface area contributed by atoms with E-state index in [1.807, 2.05) is 42.5 Å². The van der Waals surface area contributed by atoms with Crippen LogP contribution in [0.1, 0.15) is 43.9 Å². The van der Waals surface area contributed by atoms with Crippen molar-refractivity contribution >= 4 is 11.6 Å². The number of hydrogen-bond donors (Lipinski definition) is 1. The lowest BCUT2D eigenvalue weighted by Crippen LogP contribution is -2.16. The molecule has 142 valence electrons. The number of nitrogens with zero attached hydrogens (tertiary/aromatic N) is 3. The van der Waals surface area contributed by atoms with Gasteiger partial charge in [0, 0.05) is 17.1 Å². The molecule has 1 heterocycles. The summed E-state index contributed by atoms with van der Waals surface area (Å²) in [5.41, 5.74) is 4.02. The van der Waals surface area contributed by atoms with Crippen LogP contribution in [0.3, 0.4) is 0 Å². The third-order valence-corrected chi connectivity index (χ3v) is 4.91. The Morgan fingerprint density at radius 1 is 0.926 bits per heavy atom. The lowest BCUT2D eigenvalue weighted by molar-refractivity contribution is 0.565. The molecule has 0 fully saturated rings. The van der Waals surface area contributed by atoms with Gasteiger partial charge in [0.05, 0.1) is 6.54 Å². The van der Waals surface area contributed by atoms with Crippen molar-refractivity contribution < 1.29 is 0 Å². The fourth-order valence-electron chi connectivity index (χ4n) is 3.05. The molecule has 0 aliphatic rings. The highest BCUT2D eigenvalue weighted by Crippen LogP contribution is 2.21. The van der Waals surface area contributed by atoms with Gasteiger partial charge in [0.2, 0.25) is 0 Å². The summed E-state index contributed by atoms with van der Waals surface area (Å²) in [7, 11) is 0. The van der Waals surface area contributed by atoms with Crippen molar-refractivity contribution in [3.05, 3.63) is 70.9 Å². The van der Waals surface area contributed by atoms with Crippen LogP contribution in [0.4, 0.5) is 0 Å². The first-order chi connectivity index (χ1) is 13.3. The van der Waals surface area contributed by atoms with Gasteiger partial charge in [-0.25, -0.2) is 0 Å². The van der Waals surface area contributed by atoms with Gasteiger partial charge < -0.3 is 5.32 Å². The third kappa shape index (κ3) is 5.65. The molecule has 3 rings (SSSR count). The highest BCUT2D eigenvalue weighted by molar-refractivity contribution is 6.31. The van der Waals surface area contributed by atoms with Gasteiger partial charge in [0.15, 0.2) is 0 Å². The van der Waals surface area contributed by atoms with Gasteiger partial charge >= 0.3 is 0 Å². The maximum absolute atomic E-state index is 6.30. The summed E-state index contributed by atoms with van der Waals surface area (Å²) in [5, 5.41) is 13.8. The van der Waals surface area contributed by atoms with Crippen LogP contribution < -0.4 is 5.32 Å². The molecule has 2 aromatic carbocycles. The Kier molecular flexibility index (Phi) is 7.43. The zero-order valence-electron chi connectivity index (χ0n) is 15.9. The van der Waals surface area contributed by atoms with E-state index in [1.165, 1.54) is 25.7 Å². The molecule has 5 heteroatoms. The van der Waals surface area contributed by atoms with Crippen LogP contribution in [-0.4, -0.2) is 21.5 Å². The summed E-state index contributed by atoms with van der Waals surface area (Å²) < 4.78 is 0. The van der Waals surface area contributed by atoms with Gasteiger partial charge in [-0.3, -0.25) is 0 Å². The van der Waals surface area contributed by atoms with Crippen molar-refractivity contribution in [3.8, 4) is 11.3 Å². The Balaban J connectivity index is 1.74. The van der Waals surface area contributed by atoms with Gasteiger partial charge in [0.1, 0.15) is 11.4 Å². The molecule has 1 N–H and O–H groups in total. The lowest BCUT2D eigenvalue weighted by Gasteiger charge is -2.04. The quantitative estimate of drug-likeness (QED) is 0.483. The number of unbranched alkanes of at least 4 members (excludes halogenated alkanes) is 3. The molecule has 0 aliphatic heterocycles. The summed E-state index contributed by atoms with van der Waals surface area (Å²) in [6.45, 7) is 4.53. The Labute approximate surface area is 166 Å². The first kappa shape index (κ1) is 19.6. The second kappa shape index (κ2) is 10.2. The highest BCUT2D eigenvalue weighted by Gasteiger charge is 2.13. The fraction of sp³-hybridized carbons (Fsp3) is 0.364. The number of benzene rings is 2. The molecule has 0 spiro atoms. The minimum atomic E-state index is 0.565. The van der Waals surface area contributed by atoms with Crippen LogP contribution in [0.2, 0.25) is 5.02 Å². The van der Waals surface area contributed by atoms with Crippen molar-refractivity contribution in [2.45, 2.75) is 45.7 Å². The van der Waals surface area contributed by atoms with E-state index in [0.29, 0.717) is 6.54 Å². The molecule has 0 amide bonds. The first-order valence-electron chi connectivity index (χ1n) is 9.71. The molecule has 0 saturated carbocycles. The predicted molar refractivity (Wildman–Crippen MR) is 112 cm³/mol. The molecule has 0 saturated heterocycles. The summed E-state index contributed by atoms with van der Waals surface area (Å²) in [4.78, 5) is 1.75. The summed E-state index contributed by atoms with van der Waals surface area (Å²) in [6.07, 6.45) is 5.02. The molecule has 0 unspecified atom stereocenters. The number of rotatable bonds is 10. The Bertz CT molecular complexity index is 829. The maximum Gasteiger partial charge on any atom is 0.117 e. The zero-order valence-corrected chi connectivity index (χ0v) is 16.6. The molecule has 0 radical (unpaired) electrons. The summed E-state index contributed by atoms with van der Waals surface area (Å²) in [6, 6.07) is 18.1. The first-order valence-corrected chi connectivity index (χ1v) is 10.1.